The van der Waals surface area contributed by atoms with Gasteiger partial charge in [0.1, 0.15) is 0 Å². The van der Waals surface area contributed by atoms with Gasteiger partial charge in [-0.05, 0) is 6.07 Å². The molecule has 0 saturated heterocycles. The van der Waals surface area contributed by atoms with E-state index in [9.17, 15) is 4.79 Å². The number of benzene rings is 1. The number of rotatable bonds is 2. The van der Waals surface area contributed by atoms with Gasteiger partial charge in [-0.2, -0.15) is 0 Å². The SMILES string of the molecule is [C-]#[N+]c1cccc(-c2cnc(C(=O)O)o2)c1. The van der Waals surface area contributed by atoms with Crippen LogP contribution >= 0.6 is 0 Å². The van der Waals surface area contributed by atoms with Crippen LogP contribution < -0.4 is 0 Å². The summed E-state index contributed by atoms with van der Waals surface area (Å²) in [5, 5.41) is 8.64. The number of carboxylic acids is 1. The van der Waals surface area contributed by atoms with Gasteiger partial charge in [0.05, 0.1) is 12.8 Å². The summed E-state index contributed by atoms with van der Waals surface area (Å²) in [5.74, 6) is -1.24. The zero-order chi connectivity index (χ0) is 11.5. The van der Waals surface area contributed by atoms with E-state index < -0.39 is 5.97 Å². The summed E-state index contributed by atoms with van der Waals surface area (Å²) in [6, 6.07) is 6.69. The minimum Gasteiger partial charge on any atom is -0.474 e. The van der Waals surface area contributed by atoms with Crippen molar-refractivity contribution in [3.8, 4) is 11.3 Å². The van der Waals surface area contributed by atoms with E-state index in [0.717, 1.165) is 0 Å². The third-order valence-corrected chi connectivity index (χ3v) is 1.95. The van der Waals surface area contributed by atoms with Crippen molar-refractivity contribution in [3.63, 3.8) is 0 Å². The third-order valence-electron chi connectivity index (χ3n) is 1.95. The molecule has 5 heteroatoms. The van der Waals surface area contributed by atoms with E-state index in [1.807, 2.05) is 0 Å². The number of carboxylic acid groups (broad SMARTS) is 1. The van der Waals surface area contributed by atoms with Crippen LogP contribution in [0.1, 0.15) is 10.7 Å². The van der Waals surface area contributed by atoms with Gasteiger partial charge in [0.15, 0.2) is 11.4 Å². The maximum atomic E-state index is 10.6. The number of hydrogen-bond acceptors (Lipinski definition) is 3. The Morgan fingerprint density at radius 3 is 2.94 bits per heavy atom. The zero-order valence-electron chi connectivity index (χ0n) is 8.04. The van der Waals surface area contributed by atoms with E-state index in [0.29, 0.717) is 17.0 Å². The fourth-order valence-electron chi connectivity index (χ4n) is 1.24. The van der Waals surface area contributed by atoms with E-state index in [1.54, 1.807) is 24.3 Å². The van der Waals surface area contributed by atoms with Crippen LogP contribution in [-0.4, -0.2) is 16.1 Å². The molecule has 1 aromatic heterocycles. The fourth-order valence-corrected chi connectivity index (χ4v) is 1.24. The van der Waals surface area contributed by atoms with Crippen LogP contribution in [0.25, 0.3) is 16.2 Å². The van der Waals surface area contributed by atoms with Gasteiger partial charge in [-0.25, -0.2) is 14.6 Å². The first-order valence-electron chi connectivity index (χ1n) is 4.38. The molecule has 0 saturated carbocycles. The lowest BCUT2D eigenvalue weighted by atomic mass is 10.2. The van der Waals surface area contributed by atoms with Gasteiger partial charge in [0.2, 0.25) is 0 Å². The number of aromatic carboxylic acids is 1. The lowest BCUT2D eigenvalue weighted by Gasteiger charge is -1.95. The van der Waals surface area contributed by atoms with Gasteiger partial charge in [-0.3, -0.25) is 0 Å². The molecule has 0 amide bonds. The molecule has 0 aliphatic rings. The maximum Gasteiger partial charge on any atom is 0.392 e. The molecule has 1 heterocycles. The Hall–Kier alpha value is -2.61. The number of carbonyl (C=O) groups is 1. The van der Waals surface area contributed by atoms with Gasteiger partial charge in [0, 0.05) is 5.56 Å². The van der Waals surface area contributed by atoms with E-state index >= 15 is 0 Å². The first kappa shape index (κ1) is 9.93. The molecule has 78 valence electrons. The normalized spacial score (nSPS) is 9.69. The average Bonchev–Trinajstić information content (AvgIpc) is 2.78. The molecule has 0 fully saturated rings. The number of hydrogen-bond donors (Lipinski definition) is 1. The van der Waals surface area contributed by atoms with Crippen molar-refractivity contribution in [1.82, 2.24) is 4.98 Å². The highest BCUT2D eigenvalue weighted by atomic mass is 16.4. The zero-order valence-corrected chi connectivity index (χ0v) is 8.04. The molecule has 0 bridgehead atoms. The topological polar surface area (TPSA) is 67.7 Å². The Bertz CT molecular complexity index is 581. The minimum absolute atomic E-state index is 0.336. The second kappa shape index (κ2) is 3.87. The van der Waals surface area contributed by atoms with Gasteiger partial charge in [-0.15, -0.1) is 0 Å². The first-order valence-corrected chi connectivity index (χ1v) is 4.38. The lowest BCUT2D eigenvalue weighted by Crippen LogP contribution is -1.94. The Labute approximate surface area is 90.8 Å². The summed E-state index contributed by atoms with van der Waals surface area (Å²) in [5.41, 5.74) is 1.10. The van der Waals surface area contributed by atoms with E-state index in [4.69, 9.17) is 16.1 Å². The summed E-state index contributed by atoms with van der Waals surface area (Å²) in [4.78, 5) is 17.4. The van der Waals surface area contributed by atoms with Gasteiger partial charge in [-0.1, -0.05) is 18.2 Å². The summed E-state index contributed by atoms with van der Waals surface area (Å²) in [6.07, 6.45) is 1.33. The van der Waals surface area contributed by atoms with Crippen molar-refractivity contribution < 1.29 is 14.3 Å². The molecule has 2 aromatic rings. The Morgan fingerprint density at radius 2 is 2.31 bits per heavy atom. The number of nitrogens with zero attached hydrogens (tertiary/aromatic N) is 2. The molecule has 0 atom stereocenters. The monoisotopic (exact) mass is 214 g/mol. The Balaban J connectivity index is 2.43. The second-order valence-corrected chi connectivity index (χ2v) is 3.00. The molecule has 16 heavy (non-hydrogen) atoms. The van der Waals surface area contributed by atoms with Crippen LogP contribution in [0.4, 0.5) is 5.69 Å². The van der Waals surface area contributed by atoms with Gasteiger partial charge >= 0.3 is 11.9 Å². The molecule has 0 aliphatic heterocycles. The van der Waals surface area contributed by atoms with Gasteiger partial charge < -0.3 is 9.52 Å². The van der Waals surface area contributed by atoms with Crippen LogP contribution in [0.5, 0.6) is 0 Å². The third kappa shape index (κ3) is 1.77. The predicted octanol–water partition coefficient (Wildman–Crippen LogP) is 2.59. The smallest absolute Gasteiger partial charge is 0.392 e. The highest BCUT2D eigenvalue weighted by Crippen LogP contribution is 2.24. The summed E-state index contributed by atoms with van der Waals surface area (Å²) < 4.78 is 5.02. The van der Waals surface area contributed by atoms with Crippen molar-refractivity contribution in [2.45, 2.75) is 0 Å². The minimum atomic E-state index is -1.22. The molecule has 2 rings (SSSR count). The largest absolute Gasteiger partial charge is 0.474 e. The quantitative estimate of drug-likeness (QED) is 0.780. The van der Waals surface area contributed by atoms with Crippen LogP contribution in [-0.2, 0) is 0 Å². The van der Waals surface area contributed by atoms with Gasteiger partial charge in [0.25, 0.3) is 0 Å². The summed E-state index contributed by atoms with van der Waals surface area (Å²) in [7, 11) is 0. The standard InChI is InChI=1S/C11H6N2O3/c1-12-8-4-2-3-7(5-8)9-6-13-10(16-9)11(14)15/h2-6H,(H,14,15). The predicted molar refractivity (Wildman–Crippen MR) is 55.2 cm³/mol. The molecular weight excluding hydrogens is 208 g/mol. The van der Waals surface area contributed by atoms with E-state index in [1.165, 1.54) is 6.20 Å². The van der Waals surface area contributed by atoms with Crippen molar-refractivity contribution in [2.24, 2.45) is 0 Å². The lowest BCUT2D eigenvalue weighted by molar-refractivity contribution is 0.0654. The number of oxazole rings is 1. The molecule has 0 spiro atoms. The Kier molecular flexibility index (Phi) is 2.40. The van der Waals surface area contributed by atoms with E-state index in [-0.39, 0.29) is 5.89 Å². The van der Waals surface area contributed by atoms with Crippen molar-refractivity contribution in [1.29, 1.82) is 0 Å². The first-order chi connectivity index (χ1) is 7.70. The number of aromatic nitrogens is 1. The second-order valence-electron chi connectivity index (χ2n) is 3.00. The summed E-state index contributed by atoms with van der Waals surface area (Å²) in [6.45, 7) is 6.86. The molecule has 0 unspecified atom stereocenters. The van der Waals surface area contributed by atoms with Crippen molar-refractivity contribution in [2.75, 3.05) is 0 Å². The average molecular weight is 214 g/mol. The fraction of sp³-hybridized carbons (Fsp3) is 0. The van der Waals surface area contributed by atoms with Crippen LogP contribution in [0, 0.1) is 6.57 Å². The van der Waals surface area contributed by atoms with Crippen molar-refractivity contribution in [3.05, 3.63) is 47.8 Å². The van der Waals surface area contributed by atoms with Crippen LogP contribution in [0.15, 0.2) is 34.9 Å². The Morgan fingerprint density at radius 1 is 1.50 bits per heavy atom. The highest BCUT2D eigenvalue weighted by molar-refractivity contribution is 5.82. The van der Waals surface area contributed by atoms with Crippen molar-refractivity contribution >= 4 is 11.7 Å². The molecule has 0 aliphatic carbocycles. The molecule has 5 nitrogen and oxygen atoms in total. The molecule has 1 aromatic carbocycles. The molecule has 1 N–H and O–H groups in total. The molecular formula is C11H6N2O3. The van der Waals surface area contributed by atoms with Crippen LogP contribution in [0.2, 0.25) is 0 Å². The molecule has 0 radical (unpaired) electrons. The highest BCUT2D eigenvalue weighted by Gasteiger charge is 2.12. The van der Waals surface area contributed by atoms with Crippen LogP contribution in [0.3, 0.4) is 0 Å². The summed E-state index contributed by atoms with van der Waals surface area (Å²) >= 11 is 0. The maximum absolute atomic E-state index is 10.6. The van der Waals surface area contributed by atoms with E-state index in [2.05, 4.69) is 9.83 Å².